The summed E-state index contributed by atoms with van der Waals surface area (Å²) in [5.74, 6) is 0.871. The van der Waals surface area contributed by atoms with E-state index in [0.29, 0.717) is 12.4 Å². The van der Waals surface area contributed by atoms with E-state index in [0.717, 1.165) is 32.1 Å². The molecule has 5 nitrogen and oxygen atoms in total. The standard InChI is InChI=1S/C10H16FN3O2S/c1-2-3-7-14-9(8-5-4-6-8)12-13-10(14)17(11,15)16/h8H,2-7H2,1H3. The lowest BCUT2D eigenvalue weighted by Gasteiger charge is -2.24. The lowest BCUT2D eigenvalue weighted by atomic mass is 9.85. The largest absolute Gasteiger partial charge is 0.368 e. The molecule has 0 amide bonds. The average Bonchev–Trinajstić information content (AvgIpc) is 2.55. The van der Waals surface area contributed by atoms with E-state index in [1.165, 1.54) is 4.57 Å². The fourth-order valence-corrected chi connectivity index (χ4v) is 2.56. The summed E-state index contributed by atoms with van der Waals surface area (Å²) in [7, 11) is -4.77. The van der Waals surface area contributed by atoms with Crippen molar-refractivity contribution >= 4 is 10.2 Å². The van der Waals surface area contributed by atoms with Gasteiger partial charge in [-0.2, -0.15) is 8.42 Å². The Morgan fingerprint density at radius 3 is 2.59 bits per heavy atom. The molecule has 0 spiro atoms. The topological polar surface area (TPSA) is 64.8 Å². The van der Waals surface area contributed by atoms with Crippen LogP contribution in [0.2, 0.25) is 0 Å². The van der Waals surface area contributed by atoms with Gasteiger partial charge in [0.15, 0.2) is 0 Å². The summed E-state index contributed by atoms with van der Waals surface area (Å²) in [6.45, 7) is 2.46. The highest BCUT2D eigenvalue weighted by atomic mass is 32.3. The Bertz CT molecular complexity index is 494. The summed E-state index contributed by atoms with van der Waals surface area (Å²) < 4.78 is 36.4. The molecule has 0 N–H and O–H groups in total. The predicted octanol–water partition coefficient (Wildman–Crippen LogP) is 2.00. The highest BCUT2D eigenvalue weighted by Crippen LogP contribution is 2.36. The molecule has 96 valence electrons. The molecule has 1 aliphatic carbocycles. The lowest BCUT2D eigenvalue weighted by molar-refractivity contribution is 0.378. The Morgan fingerprint density at radius 2 is 2.12 bits per heavy atom. The van der Waals surface area contributed by atoms with Crippen molar-refractivity contribution in [3.8, 4) is 0 Å². The predicted molar refractivity (Wildman–Crippen MR) is 59.8 cm³/mol. The third kappa shape index (κ3) is 2.48. The van der Waals surface area contributed by atoms with Gasteiger partial charge in [-0.05, 0) is 19.3 Å². The Morgan fingerprint density at radius 1 is 1.41 bits per heavy atom. The first-order valence-corrected chi connectivity index (χ1v) is 7.30. The first-order chi connectivity index (χ1) is 8.04. The number of unbranched alkanes of at least 4 members (excludes halogenated alkanes) is 1. The van der Waals surface area contributed by atoms with Crippen molar-refractivity contribution in [3.63, 3.8) is 0 Å². The van der Waals surface area contributed by atoms with E-state index in [2.05, 4.69) is 10.2 Å². The number of nitrogens with zero attached hydrogens (tertiary/aromatic N) is 3. The molecule has 7 heteroatoms. The fourth-order valence-electron chi connectivity index (χ4n) is 1.98. The maximum atomic E-state index is 13.1. The van der Waals surface area contributed by atoms with Crippen molar-refractivity contribution in [2.75, 3.05) is 0 Å². The zero-order valence-corrected chi connectivity index (χ0v) is 10.6. The van der Waals surface area contributed by atoms with Crippen LogP contribution in [0.25, 0.3) is 0 Å². The van der Waals surface area contributed by atoms with E-state index in [1.807, 2.05) is 6.92 Å². The van der Waals surface area contributed by atoms with Crippen LogP contribution in [0, 0.1) is 0 Å². The lowest BCUT2D eigenvalue weighted by Crippen LogP contribution is -2.17. The minimum absolute atomic E-state index is 0.245. The maximum absolute atomic E-state index is 13.1. The Kier molecular flexibility index (Phi) is 3.46. The molecule has 1 heterocycles. The molecule has 2 rings (SSSR count). The SMILES string of the molecule is CCCCn1c(C2CCC2)nnc1S(=O)(=O)F. The molecule has 0 saturated heterocycles. The van der Waals surface area contributed by atoms with Crippen molar-refractivity contribution in [1.82, 2.24) is 14.8 Å². The Labute approximate surface area is 100 Å². The second kappa shape index (κ2) is 4.72. The second-order valence-corrected chi connectivity index (χ2v) is 5.65. The van der Waals surface area contributed by atoms with Crippen molar-refractivity contribution in [2.24, 2.45) is 0 Å². The summed E-state index contributed by atoms with van der Waals surface area (Å²) >= 11 is 0. The van der Waals surface area contributed by atoms with Crippen molar-refractivity contribution in [3.05, 3.63) is 5.82 Å². The van der Waals surface area contributed by atoms with E-state index in [1.54, 1.807) is 0 Å². The van der Waals surface area contributed by atoms with E-state index in [-0.39, 0.29) is 5.92 Å². The first-order valence-electron chi connectivity index (χ1n) is 5.91. The summed E-state index contributed by atoms with van der Waals surface area (Å²) in [4.78, 5) is 0. The van der Waals surface area contributed by atoms with Gasteiger partial charge in [-0.25, -0.2) is 0 Å². The molecule has 0 radical (unpaired) electrons. The molecule has 0 aliphatic heterocycles. The summed E-state index contributed by atoms with van der Waals surface area (Å²) in [6.07, 6.45) is 4.78. The van der Waals surface area contributed by atoms with Crippen LogP contribution in [0.3, 0.4) is 0 Å². The minimum atomic E-state index is -4.77. The van der Waals surface area contributed by atoms with Gasteiger partial charge in [0.05, 0.1) is 0 Å². The maximum Gasteiger partial charge on any atom is 0.368 e. The number of hydrogen-bond acceptors (Lipinski definition) is 4. The molecule has 0 atom stereocenters. The normalized spacial score (nSPS) is 17.1. The average molecular weight is 261 g/mol. The third-order valence-corrected chi connectivity index (χ3v) is 3.91. The van der Waals surface area contributed by atoms with Gasteiger partial charge in [0, 0.05) is 12.5 Å². The van der Waals surface area contributed by atoms with Gasteiger partial charge in [0.1, 0.15) is 5.82 Å². The zero-order valence-electron chi connectivity index (χ0n) is 9.76. The van der Waals surface area contributed by atoms with E-state index >= 15 is 0 Å². The molecule has 0 aromatic carbocycles. The Hall–Kier alpha value is -0.980. The smallest absolute Gasteiger partial charge is 0.299 e. The third-order valence-electron chi connectivity index (χ3n) is 3.17. The first kappa shape index (κ1) is 12.5. The van der Waals surface area contributed by atoms with Gasteiger partial charge in [-0.1, -0.05) is 23.7 Å². The van der Waals surface area contributed by atoms with E-state index < -0.39 is 15.4 Å². The molecule has 0 unspecified atom stereocenters. The van der Waals surface area contributed by atoms with Gasteiger partial charge >= 0.3 is 10.2 Å². The molecule has 1 saturated carbocycles. The van der Waals surface area contributed by atoms with Gasteiger partial charge in [-0.3, -0.25) is 4.57 Å². The minimum Gasteiger partial charge on any atom is -0.299 e. The highest BCUT2D eigenvalue weighted by molar-refractivity contribution is 7.86. The fraction of sp³-hybridized carbons (Fsp3) is 0.800. The molecule has 0 bridgehead atoms. The van der Waals surface area contributed by atoms with Crippen LogP contribution < -0.4 is 0 Å². The Balaban J connectivity index is 2.35. The molecule has 1 aromatic heterocycles. The van der Waals surface area contributed by atoms with Crippen LogP contribution in [0.15, 0.2) is 5.16 Å². The van der Waals surface area contributed by atoms with Gasteiger partial charge in [0.25, 0.3) is 5.16 Å². The number of aromatic nitrogens is 3. The van der Waals surface area contributed by atoms with Crippen LogP contribution in [-0.4, -0.2) is 23.2 Å². The summed E-state index contributed by atoms with van der Waals surface area (Å²) in [6, 6.07) is 0. The molecule has 1 aromatic rings. The second-order valence-electron chi connectivity index (χ2n) is 4.41. The molecular weight excluding hydrogens is 245 g/mol. The van der Waals surface area contributed by atoms with E-state index in [9.17, 15) is 12.3 Å². The van der Waals surface area contributed by atoms with Crippen LogP contribution in [0.4, 0.5) is 3.89 Å². The molecular formula is C10H16FN3O2S. The van der Waals surface area contributed by atoms with Crippen LogP contribution in [0.1, 0.15) is 50.8 Å². The van der Waals surface area contributed by atoms with Gasteiger partial charge < -0.3 is 0 Å². The van der Waals surface area contributed by atoms with Crippen LogP contribution in [-0.2, 0) is 16.8 Å². The highest BCUT2D eigenvalue weighted by Gasteiger charge is 2.30. The molecule has 17 heavy (non-hydrogen) atoms. The van der Waals surface area contributed by atoms with E-state index in [4.69, 9.17) is 0 Å². The number of rotatable bonds is 5. The van der Waals surface area contributed by atoms with Crippen molar-refractivity contribution < 1.29 is 12.3 Å². The number of halogens is 1. The zero-order chi connectivity index (χ0) is 12.5. The van der Waals surface area contributed by atoms with Crippen molar-refractivity contribution in [1.29, 1.82) is 0 Å². The number of hydrogen-bond donors (Lipinski definition) is 0. The van der Waals surface area contributed by atoms with Gasteiger partial charge in [0.2, 0.25) is 0 Å². The van der Waals surface area contributed by atoms with Crippen LogP contribution in [0.5, 0.6) is 0 Å². The quantitative estimate of drug-likeness (QED) is 0.760. The molecule has 1 aliphatic rings. The molecule has 1 fully saturated rings. The van der Waals surface area contributed by atoms with Gasteiger partial charge in [-0.15, -0.1) is 10.2 Å². The van der Waals surface area contributed by atoms with Crippen molar-refractivity contribution in [2.45, 2.75) is 56.6 Å². The monoisotopic (exact) mass is 261 g/mol. The summed E-state index contributed by atoms with van der Waals surface area (Å²) in [5.41, 5.74) is 0. The summed E-state index contributed by atoms with van der Waals surface area (Å²) in [5, 5.41) is 6.81. The van der Waals surface area contributed by atoms with Crippen LogP contribution >= 0.6 is 0 Å².